The quantitative estimate of drug-likeness (QED) is 0.174. The van der Waals surface area contributed by atoms with E-state index in [4.69, 9.17) is 0 Å². The standard InChI is InChI=1S/C34H33F4N3O4S/c1-2-20-39-33(43)31(21-25-10-5-3-6-11-25)40(23-26-16-18-28(35)19-17-26)32(42)24-41(46(44,45)30-14-7-4-8-15-30)29-13-9-12-27(22-29)34(36,37)38/h3-19,22,31H,2,20-21,23-24H2,1H3,(H,39,43)/t31-/m0/s1. The lowest BCUT2D eigenvalue weighted by molar-refractivity contribution is -0.140. The van der Waals surface area contributed by atoms with Gasteiger partial charge in [-0.05, 0) is 60.0 Å². The zero-order valence-electron chi connectivity index (χ0n) is 25.0. The second kappa shape index (κ2) is 15.0. The first-order valence-electron chi connectivity index (χ1n) is 14.5. The van der Waals surface area contributed by atoms with Gasteiger partial charge in [0.05, 0.1) is 16.1 Å². The van der Waals surface area contributed by atoms with Crippen LogP contribution in [0.15, 0.2) is 114 Å². The van der Waals surface area contributed by atoms with Crippen LogP contribution in [0.2, 0.25) is 0 Å². The highest BCUT2D eigenvalue weighted by atomic mass is 32.2. The van der Waals surface area contributed by atoms with Crippen molar-refractivity contribution >= 4 is 27.5 Å². The number of alkyl halides is 3. The van der Waals surface area contributed by atoms with E-state index in [2.05, 4.69) is 5.32 Å². The summed E-state index contributed by atoms with van der Waals surface area (Å²) in [4.78, 5) is 28.9. The van der Waals surface area contributed by atoms with Crippen molar-refractivity contribution < 1.29 is 35.6 Å². The van der Waals surface area contributed by atoms with Gasteiger partial charge in [0.25, 0.3) is 10.0 Å². The number of anilines is 1. The minimum Gasteiger partial charge on any atom is -0.354 e. The predicted molar refractivity (Wildman–Crippen MR) is 167 cm³/mol. The maximum Gasteiger partial charge on any atom is 0.416 e. The zero-order valence-corrected chi connectivity index (χ0v) is 25.8. The topological polar surface area (TPSA) is 86.8 Å². The van der Waals surface area contributed by atoms with E-state index in [1.807, 2.05) is 6.92 Å². The number of nitrogens with one attached hydrogen (secondary N) is 1. The fraction of sp³-hybridized carbons (Fsp3) is 0.235. The molecule has 12 heteroatoms. The Bertz CT molecular complexity index is 1720. The molecule has 4 aromatic rings. The summed E-state index contributed by atoms with van der Waals surface area (Å²) in [5.74, 6) is -1.88. The molecule has 4 aromatic carbocycles. The molecular weight excluding hydrogens is 622 g/mol. The maximum absolute atomic E-state index is 14.3. The normalized spacial score (nSPS) is 12.3. The van der Waals surface area contributed by atoms with Crippen molar-refractivity contribution in [1.29, 1.82) is 0 Å². The van der Waals surface area contributed by atoms with Gasteiger partial charge < -0.3 is 10.2 Å². The van der Waals surface area contributed by atoms with Gasteiger partial charge in [-0.2, -0.15) is 13.2 Å². The van der Waals surface area contributed by atoms with Gasteiger partial charge in [-0.1, -0.05) is 73.7 Å². The summed E-state index contributed by atoms with van der Waals surface area (Å²) in [6, 6.07) is 23.7. The van der Waals surface area contributed by atoms with Crippen LogP contribution in [0, 0.1) is 5.82 Å². The van der Waals surface area contributed by atoms with Crippen molar-refractivity contribution in [2.75, 3.05) is 17.4 Å². The van der Waals surface area contributed by atoms with Gasteiger partial charge in [0.15, 0.2) is 0 Å². The Balaban J connectivity index is 1.82. The largest absolute Gasteiger partial charge is 0.416 e. The molecule has 0 unspecified atom stereocenters. The first kappa shape index (κ1) is 34.2. The molecule has 0 spiro atoms. The van der Waals surface area contributed by atoms with E-state index in [1.165, 1.54) is 59.5 Å². The van der Waals surface area contributed by atoms with Crippen molar-refractivity contribution in [1.82, 2.24) is 10.2 Å². The fourth-order valence-corrected chi connectivity index (χ4v) is 6.22. The Kier molecular flexibility index (Phi) is 11.2. The highest BCUT2D eigenvalue weighted by Gasteiger charge is 2.36. The molecule has 0 aliphatic carbocycles. The lowest BCUT2D eigenvalue weighted by Crippen LogP contribution is -2.53. The van der Waals surface area contributed by atoms with Gasteiger partial charge in [0, 0.05) is 19.5 Å². The van der Waals surface area contributed by atoms with Crippen molar-refractivity contribution in [2.45, 2.75) is 43.4 Å². The molecule has 2 amide bonds. The molecule has 0 bridgehead atoms. The number of sulfonamides is 1. The number of hydrogen-bond donors (Lipinski definition) is 1. The van der Waals surface area contributed by atoms with Crippen LogP contribution in [-0.2, 0) is 38.8 Å². The molecule has 7 nitrogen and oxygen atoms in total. The third-order valence-corrected chi connectivity index (χ3v) is 8.95. The van der Waals surface area contributed by atoms with Gasteiger partial charge in [-0.3, -0.25) is 13.9 Å². The van der Waals surface area contributed by atoms with E-state index < -0.39 is 52.0 Å². The van der Waals surface area contributed by atoms with Crippen LogP contribution in [0.1, 0.15) is 30.0 Å². The Morgan fingerprint density at radius 1 is 0.826 bits per heavy atom. The number of carbonyl (C=O) groups is 2. The molecule has 0 saturated carbocycles. The highest BCUT2D eigenvalue weighted by molar-refractivity contribution is 7.92. The minimum atomic E-state index is -4.78. The molecule has 0 fully saturated rings. The van der Waals surface area contributed by atoms with E-state index in [-0.39, 0.29) is 23.5 Å². The molecule has 0 aromatic heterocycles. The Labute approximate surface area is 265 Å². The van der Waals surface area contributed by atoms with Gasteiger partial charge in [0.1, 0.15) is 18.4 Å². The van der Waals surface area contributed by atoms with Crippen molar-refractivity contribution in [3.05, 3.63) is 132 Å². The maximum atomic E-state index is 14.3. The number of carbonyl (C=O) groups excluding carboxylic acids is 2. The van der Waals surface area contributed by atoms with Gasteiger partial charge in [-0.15, -0.1) is 0 Å². The molecule has 0 heterocycles. The first-order chi connectivity index (χ1) is 21.9. The first-order valence-corrected chi connectivity index (χ1v) is 15.9. The van der Waals surface area contributed by atoms with Crippen LogP contribution in [0.5, 0.6) is 0 Å². The number of nitrogens with zero attached hydrogens (tertiary/aromatic N) is 2. The summed E-state index contributed by atoms with van der Waals surface area (Å²) in [6.07, 6.45) is -4.12. The summed E-state index contributed by atoms with van der Waals surface area (Å²) in [5, 5.41) is 2.80. The monoisotopic (exact) mass is 655 g/mol. The second-order valence-electron chi connectivity index (χ2n) is 10.5. The van der Waals surface area contributed by atoms with E-state index in [9.17, 15) is 35.6 Å². The summed E-state index contributed by atoms with van der Waals surface area (Å²) >= 11 is 0. The SMILES string of the molecule is CCCNC(=O)[C@H](Cc1ccccc1)N(Cc1ccc(F)cc1)C(=O)CN(c1cccc(C(F)(F)F)c1)S(=O)(=O)c1ccccc1. The number of hydrogen-bond acceptors (Lipinski definition) is 4. The predicted octanol–water partition coefficient (Wildman–Crippen LogP) is 6.21. The summed E-state index contributed by atoms with van der Waals surface area (Å²) in [7, 11) is -4.57. The molecule has 0 aliphatic heterocycles. The third-order valence-electron chi connectivity index (χ3n) is 7.16. The lowest BCUT2D eigenvalue weighted by Gasteiger charge is -2.34. The van der Waals surface area contributed by atoms with E-state index in [1.54, 1.807) is 36.4 Å². The second-order valence-corrected chi connectivity index (χ2v) is 12.4. The van der Waals surface area contributed by atoms with Gasteiger partial charge in [-0.25, -0.2) is 12.8 Å². The summed E-state index contributed by atoms with van der Waals surface area (Å²) in [6.45, 7) is 1.03. The zero-order chi connectivity index (χ0) is 33.3. The molecule has 0 saturated heterocycles. The van der Waals surface area contributed by atoms with E-state index in [0.717, 1.165) is 12.1 Å². The Morgan fingerprint density at radius 2 is 1.46 bits per heavy atom. The fourth-order valence-electron chi connectivity index (χ4n) is 4.79. The lowest BCUT2D eigenvalue weighted by atomic mass is 10.0. The molecule has 1 N–H and O–H groups in total. The van der Waals surface area contributed by atoms with Crippen LogP contribution in [0.4, 0.5) is 23.2 Å². The number of amides is 2. The summed E-state index contributed by atoms with van der Waals surface area (Å²) < 4.78 is 83.4. The number of benzene rings is 4. The van der Waals surface area contributed by atoms with Crippen LogP contribution in [-0.4, -0.2) is 44.3 Å². The third kappa shape index (κ3) is 8.72. The minimum absolute atomic E-state index is 0.0539. The molecule has 1 atom stereocenters. The van der Waals surface area contributed by atoms with Crippen LogP contribution < -0.4 is 9.62 Å². The van der Waals surface area contributed by atoms with Crippen molar-refractivity contribution in [3.63, 3.8) is 0 Å². The van der Waals surface area contributed by atoms with Gasteiger partial charge in [0.2, 0.25) is 11.8 Å². The average molecular weight is 656 g/mol. The molecule has 4 rings (SSSR count). The Morgan fingerprint density at radius 3 is 2.07 bits per heavy atom. The Hall–Kier alpha value is -4.71. The molecule has 242 valence electrons. The smallest absolute Gasteiger partial charge is 0.354 e. The van der Waals surface area contributed by atoms with Crippen LogP contribution in [0.25, 0.3) is 0 Å². The number of halogens is 4. The van der Waals surface area contributed by atoms with Crippen molar-refractivity contribution in [3.8, 4) is 0 Å². The highest BCUT2D eigenvalue weighted by Crippen LogP contribution is 2.33. The summed E-state index contributed by atoms with van der Waals surface area (Å²) in [5.41, 5.74) is -0.325. The molecule has 0 aliphatic rings. The molecule has 46 heavy (non-hydrogen) atoms. The van der Waals surface area contributed by atoms with Crippen molar-refractivity contribution in [2.24, 2.45) is 0 Å². The van der Waals surface area contributed by atoms with Crippen LogP contribution >= 0.6 is 0 Å². The molecular formula is C34H33F4N3O4S. The number of rotatable bonds is 13. The van der Waals surface area contributed by atoms with Gasteiger partial charge >= 0.3 is 6.18 Å². The van der Waals surface area contributed by atoms with E-state index >= 15 is 0 Å². The van der Waals surface area contributed by atoms with Crippen LogP contribution in [0.3, 0.4) is 0 Å². The van der Waals surface area contributed by atoms with E-state index in [0.29, 0.717) is 34.5 Å². The average Bonchev–Trinajstić information content (AvgIpc) is 3.05. The molecule has 0 radical (unpaired) electrons.